The van der Waals surface area contributed by atoms with E-state index in [-0.39, 0.29) is 11.6 Å². The van der Waals surface area contributed by atoms with Gasteiger partial charge < -0.3 is 0 Å². The van der Waals surface area contributed by atoms with Gasteiger partial charge in [0.25, 0.3) is 0 Å². The van der Waals surface area contributed by atoms with Crippen LogP contribution in [0.25, 0.3) is 11.1 Å². The summed E-state index contributed by atoms with van der Waals surface area (Å²) >= 11 is 5.88. The number of aryl methyl sites for hydroxylation is 1. The maximum atomic E-state index is 14.5. The van der Waals surface area contributed by atoms with Crippen LogP contribution >= 0.6 is 11.6 Å². The quantitative estimate of drug-likeness (QED) is 0.559. The summed E-state index contributed by atoms with van der Waals surface area (Å²) in [5.74, 6) is -1.35. The topological polar surface area (TPSA) is 34.1 Å². The van der Waals surface area contributed by atoms with E-state index >= 15 is 0 Å². The molecule has 0 amide bonds. The third-order valence-electron chi connectivity index (χ3n) is 5.82. The highest BCUT2D eigenvalue weighted by Crippen LogP contribution is 2.48. The van der Waals surface area contributed by atoms with Crippen LogP contribution < -0.4 is 0 Å². The third-order valence-corrected chi connectivity index (χ3v) is 6.06. The maximum Gasteiger partial charge on any atom is 0.153 e. The van der Waals surface area contributed by atoms with Gasteiger partial charge in [0.2, 0.25) is 0 Å². The van der Waals surface area contributed by atoms with Gasteiger partial charge >= 0.3 is 0 Å². The summed E-state index contributed by atoms with van der Waals surface area (Å²) in [6.45, 7) is 9.63. The van der Waals surface area contributed by atoms with Crippen molar-refractivity contribution < 1.29 is 14.0 Å². The van der Waals surface area contributed by atoms with Crippen LogP contribution in [-0.4, -0.2) is 11.6 Å². The van der Waals surface area contributed by atoms with Gasteiger partial charge in [-0.05, 0) is 53.8 Å². The first kappa shape index (κ1) is 20.7. The Hall–Kier alpha value is -2.00. The largest absolute Gasteiger partial charge is 0.298 e. The molecule has 2 aromatic rings. The zero-order chi connectivity index (χ0) is 20.9. The first-order chi connectivity index (χ1) is 13.0. The lowest BCUT2D eigenvalue weighted by atomic mass is 9.58. The van der Waals surface area contributed by atoms with Gasteiger partial charge in [0.15, 0.2) is 11.6 Å². The second-order valence-corrected chi connectivity index (χ2v) is 9.43. The lowest BCUT2D eigenvalue weighted by Gasteiger charge is -2.42. The van der Waals surface area contributed by atoms with Crippen LogP contribution in [0, 0.1) is 16.6 Å². The van der Waals surface area contributed by atoms with Gasteiger partial charge in [0.1, 0.15) is 11.7 Å². The molecule has 2 nitrogen and oxygen atoms in total. The van der Waals surface area contributed by atoms with Crippen molar-refractivity contribution in [3.05, 3.63) is 58.4 Å². The monoisotopic (exact) mass is 400 g/mol. The van der Waals surface area contributed by atoms with Crippen LogP contribution in [0.15, 0.2) is 36.4 Å². The zero-order valence-corrected chi connectivity index (χ0v) is 17.8. The highest BCUT2D eigenvalue weighted by Gasteiger charge is 2.52. The summed E-state index contributed by atoms with van der Waals surface area (Å²) in [6, 6.07) is 10.1. The number of carbonyl (C=O) groups excluding carboxylic acids is 2. The molecule has 4 heteroatoms. The first-order valence-electron chi connectivity index (χ1n) is 9.65. The summed E-state index contributed by atoms with van der Waals surface area (Å²) in [5.41, 5.74) is 1.51. The number of rotatable bonds is 3. The molecule has 0 N–H and O–H groups in total. The Morgan fingerprint density at radius 1 is 1.00 bits per heavy atom. The Kier molecular flexibility index (Phi) is 5.26. The first-order valence-corrected chi connectivity index (χ1v) is 10.0. The number of Topliss-reactive ketones (excluding diaryl/α,β-unsaturated/α-hetero) is 2. The molecule has 0 aliphatic heterocycles. The molecule has 1 aliphatic rings. The van der Waals surface area contributed by atoms with E-state index in [9.17, 15) is 14.0 Å². The van der Waals surface area contributed by atoms with Crippen LogP contribution in [0.3, 0.4) is 0 Å². The number of hydrogen-bond acceptors (Lipinski definition) is 2. The van der Waals surface area contributed by atoms with Crippen molar-refractivity contribution in [3.8, 4) is 11.1 Å². The molecule has 1 fully saturated rings. The molecule has 0 heterocycles. The van der Waals surface area contributed by atoms with Crippen molar-refractivity contribution in [1.29, 1.82) is 0 Å². The van der Waals surface area contributed by atoms with E-state index in [1.807, 2.05) is 52.8 Å². The highest BCUT2D eigenvalue weighted by molar-refractivity contribution is 6.30. The summed E-state index contributed by atoms with van der Waals surface area (Å²) in [6.07, 6.45) is 1.22. The number of hydrogen-bond donors (Lipinski definition) is 0. The van der Waals surface area contributed by atoms with Crippen molar-refractivity contribution in [2.24, 2.45) is 10.8 Å². The van der Waals surface area contributed by atoms with Crippen LogP contribution in [0.1, 0.15) is 58.1 Å². The van der Waals surface area contributed by atoms with Crippen molar-refractivity contribution in [2.75, 3.05) is 0 Å². The van der Waals surface area contributed by atoms with Crippen molar-refractivity contribution in [3.63, 3.8) is 0 Å². The summed E-state index contributed by atoms with van der Waals surface area (Å²) in [4.78, 5) is 26.5. The molecule has 28 heavy (non-hydrogen) atoms. The van der Waals surface area contributed by atoms with E-state index in [2.05, 4.69) is 0 Å². The molecule has 1 saturated carbocycles. The van der Waals surface area contributed by atoms with E-state index in [1.165, 1.54) is 6.07 Å². The van der Waals surface area contributed by atoms with Crippen molar-refractivity contribution in [2.45, 2.75) is 53.4 Å². The minimum absolute atomic E-state index is 0.0553. The molecular weight excluding hydrogens is 375 g/mol. The minimum atomic E-state index is -0.816. The van der Waals surface area contributed by atoms with Gasteiger partial charge in [-0.3, -0.25) is 9.59 Å². The Labute approximate surface area is 171 Å². The molecule has 0 spiro atoms. The van der Waals surface area contributed by atoms with Crippen molar-refractivity contribution >= 4 is 23.2 Å². The SMILES string of the molecule is CCc1ccc(-c2ccc(Cl)cc2F)cc1C1C(=O)C(C)(C)CC(C)(C)C1=O. The number of halogens is 2. The Morgan fingerprint density at radius 2 is 1.61 bits per heavy atom. The third kappa shape index (κ3) is 3.53. The molecule has 148 valence electrons. The molecule has 0 aromatic heterocycles. The number of carbonyl (C=O) groups is 2. The average Bonchev–Trinajstić information content (AvgIpc) is 2.60. The second kappa shape index (κ2) is 7.11. The number of benzene rings is 2. The molecule has 0 unspecified atom stereocenters. The molecule has 0 saturated heterocycles. The maximum absolute atomic E-state index is 14.5. The predicted molar refractivity (Wildman–Crippen MR) is 111 cm³/mol. The predicted octanol–water partition coefficient (Wildman–Crippen LogP) is 6.39. The van der Waals surface area contributed by atoms with Crippen LogP contribution in [-0.2, 0) is 16.0 Å². The lowest BCUT2D eigenvalue weighted by molar-refractivity contribution is -0.146. The zero-order valence-electron chi connectivity index (χ0n) is 17.0. The Balaban J connectivity index is 2.19. The standard InChI is InChI=1S/C24H26ClFO2/c1-6-14-7-8-15(17-10-9-16(25)12-19(17)26)11-18(14)20-21(27)23(2,3)13-24(4,5)22(20)28/h7-12,20H,6,13H2,1-5H3. The Morgan fingerprint density at radius 3 is 2.14 bits per heavy atom. The van der Waals surface area contributed by atoms with E-state index in [1.54, 1.807) is 12.1 Å². The molecule has 0 bridgehead atoms. The van der Waals surface area contributed by atoms with E-state index in [0.717, 1.165) is 5.56 Å². The normalized spacial score (nSPS) is 19.1. The summed E-state index contributed by atoms with van der Waals surface area (Å²) < 4.78 is 14.5. The Bertz CT molecular complexity index is 933. The van der Waals surface area contributed by atoms with Crippen LogP contribution in [0.4, 0.5) is 4.39 Å². The molecule has 3 rings (SSSR count). The second-order valence-electron chi connectivity index (χ2n) is 9.00. The average molecular weight is 401 g/mol. The van der Waals surface area contributed by atoms with Gasteiger partial charge in [-0.2, -0.15) is 0 Å². The van der Waals surface area contributed by atoms with E-state index in [0.29, 0.717) is 34.6 Å². The molecule has 0 atom stereocenters. The van der Waals surface area contributed by atoms with Gasteiger partial charge in [-0.25, -0.2) is 4.39 Å². The summed E-state index contributed by atoms with van der Waals surface area (Å²) in [7, 11) is 0. The molecule has 0 radical (unpaired) electrons. The minimum Gasteiger partial charge on any atom is -0.298 e. The molecule has 2 aromatic carbocycles. The van der Waals surface area contributed by atoms with E-state index in [4.69, 9.17) is 11.6 Å². The van der Waals surface area contributed by atoms with E-state index < -0.39 is 22.6 Å². The van der Waals surface area contributed by atoms with Gasteiger partial charge in [0.05, 0.1) is 0 Å². The fourth-order valence-corrected chi connectivity index (χ4v) is 4.70. The van der Waals surface area contributed by atoms with Crippen molar-refractivity contribution in [1.82, 2.24) is 0 Å². The van der Waals surface area contributed by atoms with Gasteiger partial charge in [-0.15, -0.1) is 0 Å². The van der Waals surface area contributed by atoms with Crippen LogP contribution in [0.5, 0.6) is 0 Å². The lowest BCUT2D eigenvalue weighted by Crippen LogP contribution is -2.48. The number of ketones is 2. The molecule has 1 aliphatic carbocycles. The summed E-state index contributed by atoms with van der Waals surface area (Å²) in [5, 5.41) is 0.327. The fraction of sp³-hybridized carbons (Fsp3) is 0.417. The smallest absolute Gasteiger partial charge is 0.153 e. The van der Waals surface area contributed by atoms with Crippen LogP contribution in [0.2, 0.25) is 5.02 Å². The van der Waals surface area contributed by atoms with Gasteiger partial charge in [-0.1, -0.05) is 58.4 Å². The fourth-order valence-electron chi connectivity index (χ4n) is 4.54. The van der Waals surface area contributed by atoms with Gasteiger partial charge in [0, 0.05) is 21.4 Å². The molecular formula is C24H26ClFO2. The highest BCUT2D eigenvalue weighted by atomic mass is 35.5.